The zero-order valence-corrected chi connectivity index (χ0v) is 18.4. The monoisotopic (exact) mass is 413 g/mol. The molecule has 6 heteroatoms. The summed E-state index contributed by atoms with van der Waals surface area (Å²) in [5, 5.41) is 0. The highest BCUT2D eigenvalue weighted by Crippen LogP contribution is 2.39. The normalized spacial score (nSPS) is 14.0. The molecule has 2 aromatic rings. The van der Waals surface area contributed by atoms with Crippen molar-refractivity contribution >= 4 is 11.6 Å². The van der Waals surface area contributed by atoms with Gasteiger partial charge < -0.3 is 23.8 Å². The highest BCUT2D eigenvalue weighted by molar-refractivity contribution is 5.94. The van der Waals surface area contributed by atoms with Crippen molar-refractivity contribution in [3.8, 4) is 23.0 Å². The molecule has 0 saturated heterocycles. The topological polar surface area (TPSA) is 57.2 Å². The molecule has 162 valence electrons. The maximum atomic E-state index is 13.3. The first-order valence-electron chi connectivity index (χ1n) is 10.3. The lowest BCUT2D eigenvalue weighted by Crippen LogP contribution is -2.40. The van der Waals surface area contributed by atoms with Gasteiger partial charge >= 0.3 is 0 Å². The lowest BCUT2D eigenvalue weighted by Gasteiger charge is -2.30. The highest BCUT2D eigenvalue weighted by Gasteiger charge is 2.35. The van der Waals surface area contributed by atoms with Crippen LogP contribution in [-0.4, -0.2) is 40.4 Å². The molecular weight excluding hydrogens is 382 g/mol. The smallest absolute Gasteiger partial charge is 0.227 e. The summed E-state index contributed by atoms with van der Waals surface area (Å²) in [6, 6.07) is 11.7. The van der Waals surface area contributed by atoms with Crippen molar-refractivity contribution in [3.63, 3.8) is 0 Å². The number of carbonyl (C=O) groups excluding carboxylic acids is 1. The Kier molecular flexibility index (Phi) is 7.08. The molecular formula is C24H31NO5. The third kappa shape index (κ3) is 4.81. The lowest BCUT2D eigenvalue weighted by molar-refractivity contribution is -0.119. The quantitative estimate of drug-likeness (QED) is 0.575. The van der Waals surface area contributed by atoms with Gasteiger partial charge in [-0.2, -0.15) is 0 Å². The van der Waals surface area contributed by atoms with Crippen molar-refractivity contribution < 1.29 is 23.7 Å². The van der Waals surface area contributed by atoms with Gasteiger partial charge in [0.1, 0.15) is 5.75 Å². The van der Waals surface area contributed by atoms with Crippen LogP contribution in [-0.2, 0) is 11.2 Å². The van der Waals surface area contributed by atoms with E-state index < -0.39 is 0 Å². The van der Waals surface area contributed by atoms with Crippen LogP contribution >= 0.6 is 0 Å². The molecule has 1 aliphatic carbocycles. The van der Waals surface area contributed by atoms with Gasteiger partial charge in [0.05, 0.1) is 28.4 Å². The Bertz CT molecular complexity index is 835. The Balaban J connectivity index is 1.79. The number of amides is 1. The summed E-state index contributed by atoms with van der Waals surface area (Å²) in [7, 11) is 6.40. The number of anilines is 1. The Morgan fingerprint density at radius 2 is 1.57 bits per heavy atom. The number of methoxy groups -OCH3 is 4. The van der Waals surface area contributed by atoms with Gasteiger partial charge in [0.2, 0.25) is 11.7 Å². The molecule has 2 aromatic carbocycles. The third-order valence-electron chi connectivity index (χ3n) is 5.68. The summed E-state index contributed by atoms with van der Waals surface area (Å²) in [6.07, 6.45) is 3.32. The predicted octanol–water partition coefficient (Wildman–Crippen LogP) is 4.49. The number of hydrogen-bond acceptors (Lipinski definition) is 5. The van der Waals surface area contributed by atoms with Crippen LogP contribution in [0.25, 0.3) is 0 Å². The first kappa shape index (κ1) is 21.8. The van der Waals surface area contributed by atoms with Gasteiger partial charge in [0.25, 0.3) is 0 Å². The molecule has 1 amide bonds. The van der Waals surface area contributed by atoms with E-state index in [1.54, 1.807) is 28.4 Å². The van der Waals surface area contributed by atoms with Crippen molar-refractivity contribution in [3.05, 3.63) is 42.0 Å². The minimum Gasteiger partial charge on any atom is -0.497 e. The van der Waals surface area contributed by atoms with Crippen LogP contribution in [0.15, 0.2) is 36.4 Å². The van der Waals surface area contributed by atoms with E-state index in [9.17, 15) is 4.79 Å². The maximum absolute atomic E-state index is 13.3. The molecule has 0 unspecified atom stereocenters. The molecule has 0 radical (unpaired) electrons. The Morgan fingerprint density at radius 1 is 0.967 bits per heavy atom. The minimum absolute atomic E-state index is 0.105. The molecule has 0 N–H and O–H groups in total. The number of aryl methyl sites for hydroxylation is 1. The van der Waals surface area contributed by atoms with E-state index in [-0.39, 0.29) is 11.9 Å². The number of benzene rings is 2. The largest absolute Gasteiger partial charge is 0.497 e. The van der Waals surface area contributed by atoms with Crippen molar-refractivity contribution in [2.75, 3.05) is 33.3 Å². The van der Waals surface area contributed by atoms with E-state index in [1.807, 2.05) is 41.3 Å². The Morgan fingerprint density at radius 3 is 2.03 bits per heavy atom. The zero-order chi connectivity index (χ0) is 21.7. The minimum atomic E-state index is 0.105. The fourth-order valence-electron chi connectivity index (χ4n) is 3.79. The molecule has 1 fully saturated rings. The molecule has 0 aromatic heterocycles. The first-order chi connectivity index (χ1) is 14.5. The summed E-state index contributed by atoms with van der Waals surface area (Å²) < 4.78 is 21.5. The van der Waals surface area contributed by atoms with Gasteiger partial charge in [-0.25, -0.2) is 0 Å². The molecule has 0 aliphatic heterocycles. The number of rotatable bonds is 10. The molecule has 6 nitrogen and oxygen atoms in total. The molecule has 3 rings (SSSR count). The second-order valence-electron chi connectivity index (χ2n) is 7.57. The predicted molar refractivity (Wildman–Crippen MR) is 117 cm³/mol. The van der Waals surface area contributed by atoms with E-state index in [4.69, 9.17) is 18.9 Å². The van der Waals surface area contributed by atoms with Gasteiger partial charge in [-0.05, 0) is 74.1 Å². The Labute approximate surface area is 178 Å². The summed E-state index contributed by atoms with van der Waals surface area (Å²) in [4.78, 5) is 15.2. The average Bonchev–Trinajstić information content (AvgIpc) is 3.63. The van der Waals surface area contributed by atoms with Crippen LogP contribution in [0.5, 0.6) is 23.0 Å². The lowest BCUT2D eigenvalue weighted by atomic mass is 10.1. The fourth-order valence-corrected chi connectivity index (χ4v) is 3.79. The molecule has 0 spiro atoms. The van der Waals surface area contributed by atoms with Gasteiger partial charge in [-0.15, -0.1) is 0 Å². The zero-order valence-electron chi connectivity index (χ0n) is 18.4. The van der Waals surface area contributed by atoms with Crippen molar-refractivity contribution in [2.24, 2.45) is 5.92 Å². The second kappa shape index (κ2) is 9.74. The molecule has 1 saturated carbocycles. The molecule has 0 bridgehead atoms. The van der Waals surface area contributed by atoms with Crippen LogP contribution in [0.1, 0.15) is 31.7 Å². The first-order valence-corrected chi connectivity index (χ1v) is 10.3. The summed E-state index contributed by atoms with van der Waals surface area (Å²) >= 11 is 0. The molecule has 1 aliphatic rings. The van der Waals surface area contributed by atoms with E-state index in [0.717, 1.165) is 17.0 Å². The molecule has 30 heavy (non-hydrogen) atoms. The number of ether oxygens (including phenoxy) is 4. The van der Waals surface area contributed by atoms with Gasteiger partial charge in [0, 0.05) is 18.2 Å². The highest BCUT2D eigenvalue weighted by atomic mass is 16.5. The van der Waals surface area contributed by atoms with Crippen LogP contribution in [0.3, 0.4) is 0 Å². The van der Waals surface area contributed by atoms with E-state index in [0.29, 0.717) is 36.0 Å². The SMILES string of the molecule is COc1ccc(N(C(=O)CCc2cc(OC)c(OC)c(OC)c2)[C@H](C)C2CC2)cc1. The van der Waals surface area contributed by atoms with Crippen LogP contribution in [0.2, 0.25) is 0 Å². The number of nitrogens with zero attached hydrogens (tertiary/aromatic N) is 1. The third-order valence-corrected chi connectivity index (χ3v) is 5.68. The molecule has 0 heterocycles. The van der Waals surface area contributed by atoms with Crippen LogP contribution in [0.4, 0.5) is 5.69 Å². The van der Waals surface area contributed by atoms with Gasteiger partial charge in [0.15, 0.2) is 11.5 Å². The average molecular weight is 414 g/mol. The van der Waals surface area contributed by atoms with Crippen molar-refractivity contribution in [1.29, 1.82) is 0 Å². The fraction of sp³-hybridized carbons (Fsp3) is 0.458. The Hall–Kier alpha value is -2.89. The number of hydrogen-bond donors (Lipinski definition) is 0. The second-order valence-corrected chi connectivity index (χ2v) is 7.57. The summed E-state index contributed by atoms with van der Waals surface area (Å²) in [5.74, 6) is 3.20. The van der Waals surface area contributed by atoms with Gasteiger partial charge in [-0.1, -0.05) is 0 Å². The van der Waals surface area contributed by atoms with Gasteiger partial charge in [-0.3, -0.25) is 4.79 Å². The summed E-state index contributed by atoms with van der Waals surface area (Å²) in [5.41, 5.74) is 1.87. The van der Waals surface area contributed by atoms with Crippen molar-refractivity contribution in [2.45, 2.75) is 38.6 Å². The van der Waals surface area contributed by atoms with Crippen molar-refractivity contribution in [1.82, 2.24) is 0 Å². The standard InChI is InChI=1S/C24H31NO5/c1-16(18-7-8-18)25(19-9-11-20(27-2)12-10-19)23(26)13-6-17-14-21(28-3)24(30-5)22(15-17)29-4/h9-12,14-16,18H,6-8,13H2,1-5H3/t16-/m1/s1. The van der Waals surface area contributed by atoms with E-state index in [1.165, 1.54) is 12.8 Å². The van der Waals surface area contributed by atoms with Crippen LogP contribution in [0, 0.1) is 5.92 Å². The van der Waals surface area contributed by atoms with Crippen LogP contribution < -0.4 is 23.8 Å². The maximum Gasteiger partial charge on any atom is 0.227 e. The summed E-state index contributed by atoms with van der Waals surface area (Å²) in [6.45, 7) is 2.14. The van der Waals surface area contributed by atoms with E-state index in [2.05, 4.69) is 6.92 Å². The number of carbonyl (C=O) groups is 1. The van der Waals surface area contributed by atoms with E-state index >= 15 is 0 Å². The molecule has 1 atom stereocenters.